The Kier molecular flexibility index (Phi) is 5.49. The van der Waals surface area contributed by atoms with Crippen molar-refractivity contribution in [3.8, 4) is 11.1 Å². The molecule has 25 heavy (non-hydrogen) atoms. The summed E-state index contributed by atoms with van der Waals surface area (Å²) in [5, 5.41) is 3.03. The fraction of sp³-hybridized carbons (Fsp3) is 0.333. The normalized spacial score (nSPS) is 17.4. The van der Waals surface area contributed by atoms with Crippen LogP contribution in [0.1, 0.15) is 25.3 Å². The molecule has 0 radical (unpaired) electrons. The first-order chi connectivity index (χ1) is 12.2. The third-order valence-corrected chi connectivity index (χ3v) is 4.75. The Hall–Kier alpha value is -2.62. The predicted molar refractivity (Wildman–Crippen MR) is 98.7 cm³/mol. The second-order valence-corrected chi connectivity index (χ2v) is 6.45. The number of amides is 2. The van der Waals surface area contributed by atoms with E-state index >= 15 is 0 Å². The topological polar surface area (TPSA) is 49.4 Å². The van der Waals surface area contributed by atoms with E-state index in [1.807, 2.05) is 37.3 Å². The summed E-state index contributed by atoms with van der Waals surface area (Å²) in [7, 11) is 0. The Balaban J connectivity index is 1.60. The van der Waals surface area contributed by atoms with E-state index < -0.39 is 0 Å². The Labute approximate surface area is 148 Å². The van der Waals surface area contributed by atoms with Crippen molar-refractivity contribution in [3.05, 3.63) is 60.2 Å². The summed E-state index contributed by atoms with van der Waals surface area (Å²) in [6.07, 6.45) is 1.11. The highest BCUT2D eigenvalue weighted by atomic mass is 16.2. The van der Waals surface area contributed by atoms with Crippen LogP contribution in [0.3, 0.4) is 0 Å². The van der Waals surface area contributed by atoms with Crippen LogP contribution in [0.5, 0.6) is 0 Å². The Morgan fingerprint density at radius 1 is 1.12 bits per heavy atom. The van der Waals surface area contributed by atoms with Crippen LogP contribution >= 0.6 is 0 Å². The number of benzene rings is 2. The van der Waals surface area contributed by atoms with E-state index in [0.717, 1.165) is 11.1 Å². The third-order valence-electron chi connectivity index (χ3n) is 4.75. The number of piperidine rings is 1. The van der Waals surface area contributed by atoms with Crippen LogP contribution in [0, 0.1) is 5.92 Å². The van der Waals surface area contributed by atoms with Gasteiger partial charge in [-0.05, 0) is 36.1 Å². The van der Waals surface area contributed by atoms with Gasteiger partial charge in [-0.15, -0.1) is 0 Å². The fourth-order valence-corrected chi connectivity index (χ4v) is 3.26. The Morgan fingerprint density at radius 3 is 2.64 bits per heavy atom. The zero-order valence-corrected chi connectivity index (χ0v) is 14.6. The minimum Gasteiger partial charge on any atom is -0.352 e. The second-order valence-electron chi connectivity index (χ2n) is 6.45. The van der Waals surface area contributed by atoms with Gasteiger partial charge < -0.3 is 10.2 Å². The number of nitrogens with one attached hydrogen (secondary N) is 1. The van der Waals surface area contributed by atoms with Crippen LogP contribution in [0.15, 0.2) is 54.6 Å². The number of hydrogen-bond donors (Lipinski definition) is 1. The molecule has 1 aliphatic heterocycles. The van der Waals surface area contributed by atoms with Crippen molar-refractivity contribution in [1.82, 2.24) is 10.2 Å². The third kappa shape index (κ3) is 4.27. The van der Waals surface area contributed by atoms with Crippen LogP contribution in [0.4, 0.5) is 0 Å². The monoisotopic (exact) mass is 336 g/mol. The molecule has 0 bridgehead atoms. The molecule has 1 saturated heterocycles. The molecule has 1 fully saturated rings. The summed E-state index contributed by atoms with van der Waals surface area (Å²) in [5.74, 6) is 0.0909. The summed E-state index contributed by atoms with van der Waals surface area (Å²) in [6.45, 7) is 3.66. The van der Waals surface area contributed by atoms with E-state index in [9.17, 15) is 9.59 Å². The maximum Gasteiger partial charge on any atom is 0.225 e. The van der Waals surface area contributed by atoms with Crippen molar-refractivity contribution in [1.29, 1.82) is 0 Å². The van der Waals surface area contributed by atoms with Gasteiger partial charge in [0.05, 0.1) is 5.92 Å². The standard InChI is InChI=1S/C21H24N2O2/c1-2-23-15-19(11-12-20(23)24)21(25)22-14-16-7-6-10-18(13-16)17-8-4-3-5-9-17/h3-10,13,19H,2,11-12,14-15H2,1H3,(H,22,25). The first-order valence-corrected chi connectivity index (χ1v) is 8.87. The van der Waals surface area contributed by atoms with Crippen LogP contribution < -0.4 is 5.32 Å². The largest absolute Gasteiger partial charge is 0.352 e. The molecule has 1 atom stereocenters. The van der Waals surface area contributed by atoms with Gasteiger partial charge in [-0.3, -0.25) is 9.59 Å². The molecule has 130 valence electrons. The van der Waals surface area contributed by atoms with E-state index in [-0.39, 0.29) is 17.7 Å². The average molecular weight is 336 g/mol. The van der Waals surface area contributed by atoms with Gasteiger partial charge in [-0.1, -0.05) is 48.5 Å². The highest BCUT2D eigenvalue weighted by Gasteiger charge is 2.29. The van der Waals surface area contributed by atoms with Crippen molar-refractivity contribution in [2.24, 2.45) is 5.92 Å². The summed E-state index contributed by atoms with van der Waals surface area (Å²) in [6, 6.07) is 18.4. The van der Waals surface area contributed by atoms with Gasteiger partial charge in [0.2, 0.25) is 11.8 Å². The van der Waals surface area contributed by atoms with Crippen molar-refractivity contribution >= 4 is 11.8 Å². The minimum atomic E-state index is -0.102. The van der Waals surface area contributed by atoms with Crippen LogP contribution in [-0.2, 0) is 16.1 Å². The molecule has 1 heterocycles. The molecule has 0 saturated carbocycles. The number of carbonyl (C=O) groups excluding carboxylic acids is 2. The van der Waals surface area contributed by atoms with Gasteiger partial charge in [-0.2, -0.15) is 0 Å². The summed E-state index contributed by atoms with van der Waals surface area (Å²) in [5.41, 5.74) is 3.39. The zero-order chi connectivity index (χ0) is 17.6. The Morgan fingerprint density at radius 2 is 1.88 bits per heavy atom. The average Bonchev–Trinajstić information content (AvgIpc) is 2.67. The van der Waals surface area contributed by atoms with Crippen molar-refractivity contribution < 1.29 is 9.59 Å². The SMILES string of the molecule is CCN1CC(C(=O)NCc2cccc(-c3ccccc3)c2)CCC1=O. The molecule has 1 unspecified atom stereocenters. The molecule has 0 aliphatic carbocycles. The highest BCUT2D eigenvalue weighted by molar-refractivity contribution is 5.83. The van der Waals surface area contributed by atoms with E-state index in [4.69, 9.17) is 0 Å². The molecule has 3 rings (SSSR count). The van der Waals surface area contributed by atoms with E-state index in [1.54, 1.807) is 4.90 Å². The van der Waals surface area contributed by atoms with Gasteiger partial charge in [-0.25, -0.2) is 0 Å². The molecule has 0 aromatic heterocycles. The van der Waals surface area contributed by atoms with E-state index in [0.29, 0.717) is 32.5 Å². The molecule has 2 amide bonds. The number of likely N-dealkylation sites (tertiary alicyclic amines) is 1. The number of nitrogens with zero attached hydrogens (tertiary/aromatic N) is 1. The van der Waals surface area contributed by atoms with Gasteiger partial charge in [0.1, 0.15) is 0 Å². The molecule has 4 nitrogen and oxygen atoms in total. The number of rotatable bonds is 5. The highest BCUT2D eigenvalue weighted by Crippen LogP contribution is 2.21. The lowest BCUT2D eigenvalue weighted by molar-refractivity contribution is -0.138. The van der Waals surface area contributed by atoms with Crippen molar-refractivity contribution in [2.75, 3.05) is 13.1 Å². The summed E-state index contributed by atoms with van der Waals surface area (Å²) in [4.78, 5) is 26.0. The van der Waals surface area contributed by atoms with E-state index in [2.05, 4.69) is 29.6 Å². The first kappa shape index (κ1) is 17.2. The van der Waals surface area contributed by atoms with Gasteiger partial charge in [0, 0.05) is 26.1 Å². The van der Waals surface area contributed by atoms with E-state index in [1.165, 1.54) is 5.56 Å². The van der Waals surface area contributed by atoms with Crippen molar-refractivity contribution in [2.45, 2.75) is 26.3 Å². The molecule has 1 aliphatic rings. The molecule has 1 N–H and O–H groups in total. The lowest BCUT2D eigenvalue weighted by Crippen LogP contribution is -2.45. The number of carbonyl (C=O) groups is 2. The second kappa shape index (κ2) is 7.97. The lowest BCUT2D eigenvalue weighted by Gasteiger charge is -2.31. The molecule has 2 aromatic carbocycles. The molecule has 2 aromatic rings. The summed E-state index contributed by atoms with van der Waals surface area (Å²) >= 11 is 0. The molecule has 4 heteroatoms. The van der Waals surface area contributed by atoms with Crippen molar-refractivity contribution in [3.63, 3.8) is 0 Å². The van der Waals surface area contributed by atoms with Crippen LogP contribution in [0.25, 0.3) is 11.1 Å². The maximum atomic E-state index is 12.4. The Bertz CT molecular complexity index is 743. The molecule has 0 spiro atoms. The van der Waals surface area contributed by atoms with Gasteiger partial charge >= 0.3 is 0 Å². The fourth-order valence-electron chi connectivity index (χ4n) is 3.26. The maximum absolute atomic E-state index is 12.4. The van der Waals surface area contributed by atoms with Gasteiger partial charge in [0.15, 0.2) is 0 Å². The minimum absolute atomic E-state index is 0.0380. The number of hydrogen-bond acceptors (Lipinski definition) is 2. The zero-order valence-electron chi connectivity index (χ0n) is 14.6. The molecular formula is C21H24N2O2. The summed E-state index contributed by atoms with van der Waals surface area (Å²) < 4.78 is 0. The first-order valence-electron chi connectivity index (χ1n) is 8.87. The van der Waals surface area contributed by atoms with Gasteiger partial charge in [0.25, 0.3) is 0 Å². The lowest BCUT2D eigenvalue weighted by atomic mass is 9.96. The smallest absolute Gasteiger partial charge is 0.225 e. The quantitative estimate of drug-likeness (QED) is 0.911. The predicted octanol–water partition coefficient (Wildman–Crippen LogP) is 3.23. The molecular weight excluding hydrogens is 312 g/mol. The van der Waals surface area contributed by atoms with Crippen LogP contribution in [0.2, 0.25) is 0 Å². The van der Waals surface area contributed by atoms with Crippen LogP contribution in [-0.4, -0.2) is 29.8 Å².